The quantitative estimate of drug-likeness (QED) is 0.334. The molecule has 5 saturated carbocycles. The lowest BCUT2D eigenvalue weighted by atomic mass is 9.41. The summed E-state index contributed by atoms with van der Waals surface area (Å²) in [6, 6.07) is -0.724. The van der Waals surface area contributed by atoms with E-state index in [4.69, 9.17) is 14.2 Å². The third-order valence-corrected chi connectivity index (χ3v) is 11.4. The van der Waals surface area contributed by atoms with E-state index in [1.165, 1.54) is 7.11 Å². The maximum atomic E-state index is 12.9. The van der Waals surface area contributed by atoms with Gasteiger partial charge in [0, 0.05) is 57.5 Å². The maximum absolute atomic E-state index is 12.9. The fourth-order valence-corrected chi connectivity index (χ4v) is 10.7. The summed E-state index contributed by atoms with van der Waals surface area (Å²) >= 11 is 0. The molecular formula is C24H39NO8. The van der Waals surface area contributed by atoms with Crippen LogP contribution in [0.4, 0.5) is 0 Å². The fraction of sp³-hybridized carbons (Fsp3) is 1.00. The van der Waals surface area contributed by atoms with Crippen molar-refractivity contribution in [1.29, 1.82) is 0 Å². The Kier molecular flexibility index (Phi) is 4.67. The molecular weight excluding hydrogens is 430 g/mol. The van der Waals surface area contributed by atoms with Gasteiger partial charge in [0.1, 0.15) is 11.2 Å². The number of ether oxygens (including phenoxy) is 3. The average Bonchev–Trinajstić information content (AvgIpc) is 3.18. The molecule has 1 heterocycles. The van der Waals surface area contributed by atoms with Gasteiger partial charge in [0.15, 0.2) is 0 Å². The summed E-state index contributed by atoms with van der Waals surface area (Å²) in [5.74, 6) is -1.50. The van der Waals surface area contributed by atoms with Crippen LogP contribution in [0.25, 0.3) is 0 Å². The third-order valence-electron chi connectivity index (χ3n) is 11.4. The lowest BCUT2D eigenvalue weighted by Gasteiger charge is -2.71. The fourth-order valence-electron chi connectivity index (χ4n) is 10.7. The molecule has 6 rings (SSSR count). The summed E-state index contributed by atoms with van der Waals surface area (Å²) in [5, 5.41) is 60.9. The smallest absolute Gasteiger partial charge is 0.136 e. The number of rotatable bonds is 5. The number of aliphatic hydroxyl groups excluding tert-OH is 2. The number of nitrogens with zero attached hydrogens (tertiary/aromatic N) is 1. The Morgan fingerprint density at radius 3 is 2.27 bits per heavy atom. The van der Waals surface area contributed by atoms with Crippen LogP contribution in [-0.4, -0.2) is 119 Å². The van der Waals surface area contributed by atoms with E-state index in [0.717, 1.165) is 0 Å². The van der Waals surface area contributed by atoms with Gasteiger partial charge in [-0.2, -0.15) is 0 Å². The van der Waals surface area contributed by atoms with Gasteiger partial charge in [-0.05, 0) is 25.8 Å². The lowest BCUT2D eigenvalue weighted by Crippen LogP contribution is -2.86. The van der Waals surface area contributed by atoms with Gasteiger partial charge < -0.3 is 39.7 Å². The van der Waals surface area contributed by atoms with Crippen LogP contribution in [0.2, 0.25) is 0 Å². The van der Waals surface area contributed by atoms with Crippen molar-refractivity contribution in [3.8, 4) is 0 Å². The Labute approximate surface area is 194 Å². The third kappa shape index (κ3) is 2.01. The van der Waals surface area contributed by atoms with E-state index in [9.17, 15) is 25.5 Å². The molecule has 9 nitrogen and oxygen atoms in total. The minimum Gasteiger partial charge on any atom is -0.396 e. The van der Waals surface area contributed by atoms with Crippen LogP contribution in [0, 0.1) is 28.6 Å². The van der Waals surface area contributed by atoms with Crippen LogP contribution in [-0.2, 0) is 14.2 Å². The zero-order valence-corrected chi connectivity index (χ0v) is 20.0. The molecule has 6 fully saturated rings. The zero-order valence-electron chi connectivity index (χ0n) is 20.0. The van der Waals surface area contributed by atoms with Crippen molar-refractivity contribution in [2.45, 2.75) is 79.9 Å². The van der Waals surface area contributed by atoms with Crippen molar-refractivity contribution in [1.82, 2.24) is 4.90 Å². The lowest BCUT2D eigenvalue weighted by molar-refractivity contribution is -0.356. The van der Waals surface area contributed by atoms with Crippen molar-refractivity contribution >= 4 is 0 Å². The van der Waals surface area contributed by atoms with E-state index < -0.39 is 69.9 Å². The second-order valence-electron chi connectivity index (χ2n) is 11.8. The van der Waals surface area contributed by atoms with Gasteiger partial charge in [0.25, 0.3) is 0 Å². The predicted octanol–water partition coefficient (Wildman–Crippen LogP) is -1.27. The molecule has 1 spiro atoms. The van der Waals surface area contributed by atoms with E-state index >= 15 is 0 Å². The highest BCUT2D eigenvalue weighted by molar-refractivity contribution is 5.45. The molecule has 7 bridgehead atoms. The highest BCUT2D eigenvalue weighted by atomic mass is 16.5. The first kappa shape index (κ1) is 23.1. The van der Waals surface area contributed by atoms with Crippen LogP contribution < -0.4 is 0 Å². The topological polar surface area (TPSA) is 132 Å². The van der Waals surface area contributed by atoms with Crippen molar-refractivity contribution in [2.24, 2.45) is 28.6 Å². The molecule has 5 aliphatic carbocycles. The number of piperidine rings is 1. The first-order valence-electron chi connectivity index (χ1n) is 12.4. The molecule has 33 heavy (non-hydrogen) atoms. The largest absolute Gasteiger partial charge is 0.396 e. The summed E-state index contributed by atoms with van der Waals surface area (Å²) in [5.41, 5.74) is -6.91. The van der Waals surface area contributed by atoms with E-state index in [1.54, 1.807) is 14.2 Å². The standard InChI is InChI=1S/C24H39NO8/c1-5-25-10-20(11-26)7-6-14(27)23-17(20)18(33-4)24(30,19(23)25)22(29)9-13(31-2)12-8-21(23,28)16(22)15(12)32-3/h12-19,26-30H,5-11H2,1-4H3/t12-,13+,14+,15+,16+,17-,18+,19+,20+,21+,22-,23-,24+/m1/s1. The molecule has 0 amide bonds. The average molecular weight is 470 g/mol. The first-order valence-corrected chi connectivity index (χ1v) is 12.4. The number of fused-ring (bicyclic) bond motifs is 2. The number of likely N-dealkylation sites (N-methyl/N-ethyl adjacent to an activating group) is 1. The van der Waals surface area contributed by atoms with Gasteiger partial charge >= 0.3 is 0 Å². The summed E-state index contributed by atoms with van der Waals surface area (Å²) in [6.45, 7) is 2.92. The van der Waals surface area contributed by atoms with Crippen LogP contribution >= 0.6 is 0 Å². The number of hydrogen-bond acceptors (Lipinski definition) is 9. The molecule has 188 valence electrons. The summed E-state index contributed by atoms with van der Waals surface area (Å²) in [6.07, 6.45) is -1.31. The summed E-state index contributed by atoms with van der Waals surface area (Å²) < 4.78 is 17.8. The Bertz CT molecular complexity index is 845. The highest BCUT2D eigenvalue weighted by Crippen LogP contribution is 2.81. The Balaban J connectivity index is 1.72. The molecule has 9 heteroatoms. The van der Waals surface area contributed by atoms with Crippen molar-refractivity contribution < 1.29 is 39.7 Å². The summed E-state index contributed by atoms with van der Waals surface area (Å²) in [7, 11) is 4.68. The minimum atomic E-state index is -1.79. The molecule has 5 N–H and O–H groups in total. The van der Waals surface area contributed by atoms with Crippen molar-refractivity contribution in [2.75, 3.05) is 41.0 Å². The Morgan fingerprint density at radius 1 is 0.970 bits per heavy atom. The van der Waals surface area contributed by atoms with Gasteiger partial charge in [-0.15, -0.1) is 0 Å². The van der Waals surface area contributed by atoms with Crippen molar-refractivity contribution in [3.05, 3.63) is 0 Å². The molecule has 1 saturated heterocycles. The SMILES string of the molecule is CCN1C[C@]2(CO)CC[C@H](O)[C@@]34[C@@H]2[C@H](OC)[C@](O)([C@@H]13)[C@@]1(O)C[C@H](OC)[C@H]2C[C@]4(O)[C@@H]1[C@H]2OC. The van der Waals surface area contributed by atoms with Crippen LogP contribution in [0.15, 0.2) is 0 Å². The van der Waals surface area contributed by atoms with Crippen LogP contribution in [0.3, 0.4) is 0 Å². The van der Waals surface area contributed by atoms with Gasteiger partial charge in [-0.3, -0.25) is 4.90 Å². The van der Waals surface area contributed by atoms with Gasteiger partial charge in [-0.25, -0.2) is 0 Å². The Morgan fingerprint density at radius 2 is 1.70 bits per heavy atom. The van der Waals surface area contributed by atoms with Gasteiger partial charge in [0.05, 0.1) is 48.1 Å². The monoisotopic (exact) mass is 469 g/mol. The summed E-state index contributed by atoms with van der Waals surface area (Å²) in [4.78, 5) is 2.08. The molecule has 1 aliphatic heterocycles. The highest BCUT2D eigenvalue weighted by Gasteiger charge is 2.95. The number of likely N-dealkylation sites (tertiary alicyclic amines) is 1. The second-order valence-corrected chi connectivity index (χ2v) is 11.8. The molecule has 0 aromatic carbocycles. The molecule has 13 atom stereocenters. The normalized spacial score (nSPS) is 63.2. The number of methoxy groups -OCH3 is 3. The van der Waals surface area contributed by atoms with E-state index in [0.29, 0.717) is 32.4 Å². The number of aliphatic hydroxyl groups is 5. The minimum absolute atomic E-state index is 0.137. The van der Waals surface area contributed by atoms with Gasteiger partial charge in [0.2, 0.25) is 0 Å². The molecule has 0 aromatic rings. The van der Waals surface area contributed by atoms with E-state index in [-0.39, 0.29) is 18.9 Å². The van der Waals surface area contributed by atoms with E-state index in [2.05, 4.69) is 4.90 Å². The predicted molar refractivity (Wildman–Crippen MR) is 115 cm³/mol. The Hall–Kier alpha value is -0.360. The van der Waals surface area contributed by atoms with Gasteiger partial charge in [-0.1, -0.05) is 6.92 Å². The van der Waals surface area contributed by atoms with Crippen molar-refractivity contribution in [3.63, 3.8) is 0 Å². The maximum Gasteiger partial charge on any atom is 0.136 e. The molecule has 0 radical (unpaired) electrons. The zero-order chi connectivity index (χ0) is 23.8. The first-order chi connectivity index (χ1) is 15.6. The second kappa shape index (κ2) is 6.69. The molecule has 0 aromatic heterocycles. The molecule has 6 aliphatic rings. The molecule has 0 unspecified atom stereocenters. The van der Waals surface area contributed by atoms with Crippen LogP contribution in [0.5, 0.6) is 0 Å². The van der Waals surface area contributed by atoms with E-state index in [1.807, 2.05) is 6.92 Å². The van der Waals surface area contributed by atoms with Crippen LogP contribution in [0.1, 0.15) is 32.6 Å². The number of hydrogen-bond donors (Lipinski definition) is 5.